The van der Waals surface area contributed by atoms with Crippen molar-refractivity contribution in [2.24, 2.45) is 11.7 Å². The predicted octanol–water partition coefficient (Wildman–Crippen LogP) is 0.324. The molecule has 1 amide bonds. The highest BCUT2D eigenvalue weighted by molar-refractivity contribution is 5.76. The van der Waals surface area contributed by atoms with Gasteiger partial charge in [0, 0.05) is 18.6 Å². The molecule has 0 aromatic rings. The van der Waals surface area contributed by atoms with Crippen molar-refractivity contribution in [3.8, 4) is 0 Å². The van der Waals surface area contributed by atoms with Crippen LogP contribution in [0.1, 0.15) is 32.6 Å². The van der Waals surface area contributed by atoms with Crippen molar-refractivity contribution in [2.75, 3.05) is 19.6 Å². The molecule has 0 radical (unpaired) electrons. The lowest BCUT2D eigenvalue weighted by Gasteiger charge is -2.35. The van der Waals surface area contributed by atoms with Gasteiger partial charge in [0.25, 0.3) is 0 Å². The van der Waals surface area contributed by atoms with Gasteiger partial charge in [0.15, 0.2) is 0 Å². The molecule has 4 heteroatoms. The molecule has 2 aliphatic rings. The Morgan fingerprint density at radius 3 is 2.56 bits per heavy atom. The van der Waals surface area contributed by atoms with Crippen molar-refractivity contribution in [1.82, 2.24) is 10.2 Å². The fraction of sp³-hybridized carbons (Fsp3) is 0.917. The zero-order valence-corrected chi connectivity index (χ0v) is 10.1. The Labute approximate surface area is 97.6 Å². The minimum absolute atomic E-state index is 0.189. The van der Waals surface area contributed by atoms with Crippen molar-refractivity contribution in [3.63, 3.8) is 0 Å². The second-order valence-electron chi connectivity index (χ2n) is 5.28. The van der Waals surface area contributed by atoms with Crippen LogP contribution in [0.15, 0.2) is 0 Å². The van der Waals surface area contributed by atoms with Crippen LogP contribution in [0, 0.1) is 5.92 Å². The zero-order chi connectivity index (χ0) is 11.5. The molecule has 1 saturated heterocycles. The quantitative estimate of drug-likeness (QED) is 0.724. The molecule has 3 N–H and O–H groups in total. The van der Waals surface area contributed by atoms with Crippen LogP contribution in [0.5, 0.6) is 0 Å². The number of hydrogen-bond acceptors (Lipinski definition) is 3. The monoisotopic (exact) mass is 225 g/mol. The molecule has 1 heterocycles. The van der Waals surface area contributed by atoms with Crippen LogP contribution >= 0.6 is 0 Å². The van der Waals surface area contributed by atoms with E-state index < -0.39 is 0 Å². The molecule has 0 aromatic carbocycles. The Kier molecular flexibility index (Phi) is 3.82. The van der Waals surface area contributed by atoms with Gasteiger partial charge in [-0.1, -0.05) is 19.8 Å². The second kappa shape index (κ2) is 5.15. The minimum Gasteiger partial charge on any atom is -0.369 e. The molecule has 4 nitrogen and oxygen atoms in total. The van der Waals surface area contributed by atoms with E-state index in [4.69, 9.17) is 5.73 Å². The summed E-state index contributed by atoms with van der Waals surface area (Å²) in [4.78, 5) is 13.6. The largest absolute Gasteiger partial charge is 0.369 e. The number of nitrogens with one attached hydrogen (secondary N) is 1. The van der Waals surface area contributed by atoms with Crippen LogP contribution in [0.3, 0.4) is 0 Å². The van der Waals surface area contributed by atoms with Crippen molar-refractivity contribution < 1.29 is 4.79 Å². The summed E-state index contributed by atoms with van der Waals surface area (Å²) in [6, 6.07) is 1.08. The van der Waals surface area contributed by atoms with E-state index in [0.717, 1.165) is 13.1 Å². The summed E-state index contributed by atoms with van der Waals surface area (Å²) in [5, 5.41) is 3.41. The fourth-order valence-electron chi connectivity index (χ4n) is 3.17. The number of primary amides is 1. The molecule has 2 rings (SSSR count). The number of carbonyl (C=O) groups excluding carboxylic acids is 1. The van der Waals surface area contributed by atoms with E-state index in [1.165, 1.54) is 25.7 Å². The summed E-state index contributed by atoms with van der Waals surface area (Å²) in [6.07, 6.45) is 5.07. The van der Waals surface area contributed by atoms with Gasteiger partial charge in [-0.3, -0.25) is 9.69 Å². The second-order valence-corrected chi connectivity index (χ2v) is 5.28. The average Bonchev–Trinajstić information content (AvgIpc) is 2.84. The average molecular weight is 225 g/mol. The summed E-state index contributed by atoms with van der Waals surface area (Å²) in [7, 11) is 0. The number of hydrogen-bond donors (Lipinski definition) is 2. The molecule has 16 heavy (non-hydrogen) atoms. The van der Waals surface area contributed by atoms with E-state index in [1.54, 1.807) is 0 Å². The van der Waals surface area contributed by atoms with Gasteiger partial charge in [-0.05, 0) is 25.3 Å². The standard InChI is InChI=1S/C12H23N3O/c1-9-6-14-7-11(9)15(8-12(13)16)10-4-2-3-5-10/h9-11,14H,2-8H2,1H3,(H2,13,16). The third-order valence-corrected chi connectivity index (χ3v) is 4.03. The molecule has 1 aliphatic heterocycles. The van der Waals surface area contributed by atoms with Gasteiger partial charge in [0.05, 0.1) is 6.54 Å². The predicted molar refractivity (Wildman–Crippen MR) is 64.0 cm³/mol. The van der Waals surface area contributed by atoms with Crippen molar-refractivity contribution in [1.29, 1.82) is 0 Å². The van der Waals surface area contributed by atoms with E-state index in [2.05, 4.69) is 17.1 Å². The molecule has 1 aliphatic carbocycles. The minimum atomic E-state index is -0.189. The van der Waals surface area contributed by atoms with E-state index in [1.807, 2.05) is 0 Å². The third-order valence-electron chi connectivity index (χ3n) is 4.03. The van der Waals surface area contributed by atoms with E-state index in [-0.39, 0.29) is 5.91 Å². The fourth-order valence-corrected chi connectivity index (χ4v) is 3.17. The first kappa shape index (κ1) is 11.9. The lowest BCUT2D eigenvalue weighted by Crippen LogP contribution is -2.49. The summed E-state index contributed by atoms with van der Waals surface area (Å²) in [5.74, 6) is 0.436. The molecule has 92 valence electrons. The maximum Gasteiger partial charge on any atom is 0.231 e. The van der Waals surface area contributed by atoms with Gasteiger partial charge in [-0.25, -0.2) is 0 Å². The summed E-state index contributed by atoms with van der Waals surface area (Å²) in [6.45, 7) is 4.76. The van der Waals surface area contributed by atoms with Crippen LogP contribution in [0.25, 0.3) is 0 Å². The van der Waals surface area contributed by atoms with E-state index in [0.29, 0.717) is 24.5 Å². The number of nitrogens with zero attached hydrogens (tertiary/aromatic N) is 1. The van der Waals surface area contributed by atoms with Gasteiger partial charge >= 0.3 is 0 Å². The summed E-state index contributed by atoms with van der Waals surface area (Å²) < 4.78 is 0. The lowest BCUT2D eigenvalue weighted by atomic mass is 10.0. The van der Waals surface area contributed by atoms with Crippen LogP contribution in [0.4, 0.5) is 0 Å². The molecular formula is C12H23N3O. The Morgan fingerprint density at radius 2 is 2.06 bits per heavy atom. The zero-order valence-electron chi connectivity index (χ0n) is 10.1. The highest BCUT2D eigenvalue weighted by Gasteiger charge is 2.34. The molecule has 2 atom stereocenters. The van der Waals surface area contributed by atoms with Crippen LogP contribution in [-0.4, -0.2) is 42.5 Å². The first-order valence-electron chi connectivity index (χ1n) is 6.43. The van der Waals surface area contributed by atoms with Gasteiger partial charge in [0.2, 0.25) is 5.91 Å². The molecule has 0 aromatic heterocycles. The molecule has 1 saturated carbocycles. The molecule has 2 unspecified atom stereocenters. The van der Waals surface area contributed by atoms with Crippen molar-refractivity contribution in [3.05, 3.63) is 0 Å². The van der Waals surface area contributed by atoms with Gasteiger partial charge in [-0.15, -0.1) is 0 Å². The van der Waals surface area contributed by atoms with Crippen LogP contribution in [0.2, 0.25) is 0 Å². The normalized spacial score (nSPS) is 31.4. The van der Waals surface area contributed by atoms with Crippen LogP contribution < -0.4 is 11.1 Å². The van der Waals surface area contributed by atoms with Gasteiger partial charge in [-0.2, -0.15) is 0 Å². The Hall–Kier alpha value is -0.610. The van der Waals surface area contributed by atoms with Crippen molar-refractivity contribution in [2.45, 2.75) is 44.7 Å². The lowest BCUT2D eigenvalue weighted by molar-refractivity contribution is -0.120. The molecule has 2 fully saturated rings. The summed E-state index contributed by atoms with van der Waals surface area (Å²) in [5.41, 5.74) is 5.37. The van der Waals surface area contributed by atoms with Crippen molar-refractivity contribution >= 4 is 5.91 Å². The first-order valence-corrected chi connectivity index (χ1v) is 6.43. The molecule has 0 bridgehead atoms. The number of amides is 1. The number of nitrogens with two attached hydrogens (primary N) is 1. The van der Waals surface area contributed by atoms with Gasteiger partial charge < -0.3 is 11.1 Å². The summed E-state index contributed by atoms with van der Waals surface area (Å²) >= 11 is 0. The Bertz CT molecular complexity index is 251. The third kappa shape index (κ3) is 2.55. The van der Waals surface area contributed by atoms with E-state index >= 15 is 0 Å². The van der Waals surface area contributed by atoms with Crippen LogP contribution in [-0.2, 0) is 4.79 Å². The molecule has 0 spiro atoms. The van der Waals surface area contributed by atoms with E-state index in [9.17, 15) is 4.79 Å². The first-order chi connectivity index (χ1) is 7.68. The topological polar surface area (TPSA) is 58.4 Å². The SMILES string of the molecule is CC1CNCC1N(CC(N)=O)C1CCCC1. The number of carbonyl (C=O) groups is 1. The Morgan fingerprint density at radius 1 is 1.38 bits per heavy atom. The highest BCUT2D eigenvalue weighted by Crippen LogP contribution is 2.28. The number of rotatable bonds is 4. The molecular weight excluding hydrogens is 202 g/mol. The van der Waals surface area contributed by atoms with Gasteiger partial charge in [0.1, 0.15) is 0 Å². The maximum atomic E-state index is 11.2. The highest BCUT2D eigenvalue weighted by atomic mass is 16.1. The Balaban J connectivity index is 2.03. The maximum absolute atomic E-state index is 11.2. The smallest absolute Gasteiger partial charge is 0.231 e.